The first-order chi connectivity index (χ1) is 8.56. The third-order valence-electron chi connectivity index (χ3n) is 2.30. The predicted octanol–water partition coefficient (Wildman–Crippen LogP) is 1.76. The Balaban J connectivity index is 2.21. The third-order valence-corrected chi connectivity index (χ3v) is 2.30. The van der Waals surface area contributed by atoms with Crippen LogP contribution >= 0.6 is 0 Å². The van der Waals surface area contributed by atoms with Crippen molar-refractivity contribution in [3.05, 3.63) is 47.7 Å². The maximum Gasteiger partial charge on any atom is 0.259 e. The fourth-order valence-electron chi connectivity index (χ4n) is 1.37. The first kappa shape index (κ1) is 12.0. The second kappa shape index (κ2) is 4.79. The monoisotopic (exact) mass is 246 g/mol. The largest absolute Gasteiger partial charge is 0.383 e. The molecule has 0 saturated carbocycles. The van der Waals surface area contributed by atoms with E-state index < -0.39 is 11.7 Å². The summed E-state index contributed by atoms with van der Waals surface area (Å²) in [7, 11) is 0. The van der Waals surface area contributed by atoms with Gasteiger partial charge in [0.05, 0.1) is 23.6 Å². The highest BCUT2D eigenvalue weighted by molar-refractivity contribution is 6.07. The molecule has 0 aliphatic heterocycles. The van der Waals surface area contributed by atoms with Crippen molar-refractivity contribution in [2.45, 2.75) is 6.92 Å². The van der Waals surface area contributed by atoms with Crippen molar-refractivity contribution in [3.8, 4) is 0 Å². The summed E-state index contributed by atoms with van der Waals surface area (Å²) in [6, 6.07) is 4.49. The van der Waals surface area contributed by atoms with Gasteiger partial charge >= 0.3 is 0 Å². The van der Waals surface area contributed by atoms with Gasteiger partial charge in [0.1, 0.15) is 11.6 Å². The maximum atomic E-state index is 13.0. The molecule has 0 bridgehead atoms. The maximum absolute atomic E-state index is 13.0. The molecular weight excluding hydrogens is 235 g/mol. The second-order valence-electron chi connectivity index (χ2n) is 3.73. The van der Waals surface area contributed by atoms with Crippen LogP contribution in [0, 0.1) is 12.7 Å². The molecule has 92 valence electrons. The fraction of sp³-hybridized carbons (Fsp3) is 0.0833. The summed E-state index contributed by atoms with van der Waals surface area (Å²) in [4.78, 5) is 19.5. The number of hydrogen-bond donors (Lipinski definition) is 2. The van der Waals surface area contributed by atoms with Gasteiger partial charge in [0.2, 0.25) is 0 Å². The van der Waals surface area contributed by atoms with Crippen LogP contribution in [-0.2, 0) is 0 Å². The van der Waals surface area contributed by atoms with Gasteiger partial charge in [0.15, 0.2) is 0 Å². The van der Waals surface area contributed by atoms with E-state index in [0.29, 0.717) is 5.69 Å². The molecule has 0 aliphatic rings. The minimum Gasteiger partial charge on any atom is -0.383 e. The zero-order chi connectivity index (χ0) is 13.1. The number of halogens is 1. The molecule has 2 aromatic heterocycles. The smallest absolute Gasteiger partial charge is 0.259 e. The second-order valence-corrected chi connectivity index (χ2v) is 3.73. The molecule has 0 radical (unpaired) electrons. The van der Waals surface area contributed by atoms with Gasteiger partial charge in [-0.3, -0.25) is 9.78 Å². The Bertz CT molecular complexity index is 583. The van der Waals surface area contributed by atoms with Gasteiger partial charge in [-0.25, -0.2) is 9.37 Å². The minimum atomic E-state index is -0.614. The van der Waals surface area contributed by atoms with Crippen LogP contribution in [0.2, 0.25) is 0 Å². The number of nitrogens with one attached hydrogen (secondary N) is 1. The quantitative estimate of drug-likeness (QED) is 0.846. The Labute approximate surface area is 103 Å². The summed E-state index contributed by atoms with van der Waals surface area (Å²) in [5.41, 5.74) is 6.85. The fourth-order valence-corrected chi connectivity index (χ4v) is 1.37. The Morgan fingerprint density at radius 2 is 2.11 bits per heavy atom. The van der Waals surface area contributed by atoms with E-state index in [1.807, 2.05) is 6.92 Å². The topological polar surface area (TPSA) is 80.9 Å². The molecule has 2 rings (SSSR count). The molecule has 2 aromatic rings. The van der Waals surface area contributed by atoms with E-state index in [4.69, 9.17) is 5.73 Å². The van der Waals surface area contributed by atoms with Crippen molar-refractivity contribution in [1.29, 1.82) is 0 Å². The number of carbonyl (C=O) groups is 1. The molecule has 18 heavy (non-hydrogen) atoms. The molecule has 2 heterocycles. The SMILES string of the molecule is Cc1ccc(NC(=O)c2cc(F)cnc2N)cn1. The number of amides is 1. The highest BCUT2D eigenvalue weighted by Gasteiger charge is 2.12. The number of rotatable bonds is 2. The Hall–Kier alpha value is -2.50. The number of anilines is 2. The van der Waals surface area contributed by atoms with Crippen molar-refractivity contribution in [2.24, 2.45) is 0 Å². The van der Waals surface area contributed by atoms with Crippen molar-refractivity contribution in [2.75, 3.05) is 11.1 Å². The highest BCUT2D eigenvalue weighted by atomic mass is 19.1. The van der Waals surface area contributed by atoms with Crippen LogP contribution in [0.5, 0.6) is 0 Å². The lowest BCUT2D eigenvalue weighted by molar-refractivity contribution is 0.102. The molecule has 0 aromatic carbocycles. The molecular formula is C12H11FN4O. The number of carbonyl (C=O) groups excluding carboxylic acids is 1. The first-order valence-corrected chi connectivity index (χ1v) is 5.21. The van der Waals surface area contributed by atoms with Gasteiger partial charge < -0.3 is 11.1 Å². The van der Waals surface area contributed by atoms with Crippen LogP contribution in [0.1, 0.15) is 16.1 Å². The molecule has 6 heteroatoms. The average Bonchev–Trinajstić information content (AvgIpc) is 2.35. The van der Waals surface area contributed by atoms with E-state index >= 15 is 0 Å². The predicted molar refractivity (Wildman–Crippen MR) is 65.5 cm³/mol. The van der Waals surface area contributed by atoms with Crippen LogP contribution in [0.3, 0.4) is 0 Å². The lowest BCUT2D eigenvalue weighted by atomic mass is 10.2. The number of nitrogens with two attached hydrogens (primary N) is 1. The number of aromatic nitrogens is 2. The molecule has 0 saturated heterocycles. The molecule has 0 spiro atoms. The van der Waals surface area contributed by atoms with Crippen LogP contribution in [0.15, 0.2) is 30.6 Å². The average molecular weight is 246 g/mol. The standard InChI is InChI=1S/C12H11FN4O/c1-7-2-3-9(6-15-7)17-12(18)10-4-8(13)5-16-11(10)14/h2-6H,1H3,(H2,14,16)(H,17,18). The summed E-state index contributed by atoms with van der Waals surface area (Å²) in [5.74, 6) is -1.16. The van der Waals surface area contributed by atoms with Gasteiger partial charge in [-0.2, -0.15) is 0 Å². The van der Waals surface area contributed by atoms with Gasteiger partial charge in [-0.1, -0.05) is 0 Å². The molecule has 0 aliphatic carbocycles. The third kappa shape index (κ3) is 2.60. The number of hydrogen-bond acceptors (Lipinski definition) is 4. The Morgan fingerprint density at radius 3 is 2.78 bits per heavy atom. The summed E-state index contributed by atoms with van der Waals surface area (Å²) >= 11 is 0. The van der Waals surface area contributed by atoms with E-state index in [-0.39, 0.29) is 11.4 Å². The zero-order valence-electron chi connectivity index (χ0n) is 9.64. The first-order valence-electron chi connectivity index (χ1n) is 5.21. The number of aryl methyl sites for hydroxylation is 1. The molecule has 0 unspecified atom stereocenters. The summed E-state index contributed by atoms with van der Waals surface area (Å²) in [6.07, 6.45) is 2.47. The molecule has 0 atom stereocenters. The molecule has 0 fully saturated rings. The Kier molecular flexibility index (Phi) is 3.18. The summed E-state index contributed by atoms with van der Waals surface area (Å²) in [6.45, 7) is 1.83. The lowest BCUT2D eigenvalue weighted by Crippen LogP contribution is -2.15. The van der Waals surface area contributed by atoms with Crippen LogP contribution < -0.4 is 11.1 Å². The Morgan fingerprint density at radius 1 is 1.33 bits per heavy atom. The number of pyridine rings is 2. The van der Waals surface area contributed by atoms with Gasteiger partial charge in [0, 0.05) is 5.69 Å². The van der Waals surface area contributed by atoms with Crippen molar-refractivity contribution in [1.82, 2.24) is 9.97 Å². The van der Waals surface area contributed by atoms with E-state index in [0.717, 1.165) is 18.0 Å². The van der Waals surface area contributed by atoms with Gasteiger partial charge in [-0.15, -0.1) is 0 Å². The molecule has 1 amide bonds. The van der Waals surface area contributed by atoms with Crippen molar-refractivity contribution < 1.29 is 9.18 Å². The number of nitrogens with zero attached hydrogens (tertiary/aromatic N) is 2. The summed E-state index contributed by atoms with van der Waals surface area (Å²) < 4.78 is 13.0. The highest BCUT2D eigenvalue weighted by Crippen LogP contribution is 2.13. The van der Waals surface area contributed by atoms with E-state index in [2.05, 4.69) is 15.3 Å². The van der Waals surface area contributed by atoms with Gasteiger partial charge in [-0.05, 0) is 25.1 Å². The van der Waals surface area contributed by atoms with E-state index in [1.54, 1.807) is 12.1 Å². The van der Waals surface area contributed by atoms with E-state index in [9.17, 15) is 9.18 Å². The minimum absolute atomic E-state index is 0.00410. The molecule has 3 N–H and O–H groups in total. The summed E-state index contributed by atoms with van der Waals surface area (Å²) in [5, 5.41) is 2.57. The van der Waals surface area contributed by atoms with Crippen molar-refractivity contribution in [3.63, 3.8) is 0 Å². The van der Waals surface area contributed by atoms with Crippen LogP contribution in [-0.4, -0.2) is 15.9 Å². The lowest BCUT2D eigenvalue weighted by Gasteiger charge is -2.06. The van der Waals surface area contributed by atoms with E-state index in [1.165, 1.54) is 6.20 Å². The van der Waals surface area contributed by atoms with Gasteiger partial charge in [0.25, 0.3) is 5.91 Å². The normalized spacial score (nSPS) is 10.1. The van der Waals surface area contributed by atoms with Crippen LogP contribution in [0.25, 0.3) is 0 Å². The van der Waals surface area contributed by atoms with Crippen LogP contribution in [0.4, 0.5) is 15.9 Å². The van der Waals surface area contributed by atoms with Crippen molar-refractivity contribution >= 4 is 17.4 Å². The zero-order valence-corrected chi connectivity index (χ0v) is 9.64. The number of nitrogen functional groups attached to an aromatic ring is 1. The molecule has 5 nitrogen and oxygen atoms in total.